The molecule has 2 amide bonds. The van der Waals surface area contributed by atoms with Crippen LogP contribution in [0.25, 0.3) is 0 Å². The standard InChI is InChI=1S/C18H14Cl2N2O2/c1-10-4-3-5-13(8-10)21-16-15(20)17(23)22(18(16)24)14-7-6-12(19)9-11(14)2/h3-9,21H,1-2H3. The van der Waals surface area contributed by atoms with E-state index in [4.69, 9.17) is 23.2 Å². The van der Waals surface area contributed by atoms with Crippen LogP contribution in [0.3, 0.4) is 0 Å². The number of hydrogen-bond acceptors (Lipinski definition) is 3. The second-order valence-electron chi connectivity index (χ2n) is 5.56. The van der Waals surface area contributed by atoms with Crippen molar-refractivity contribution in [2.24, 2.45) is 0 Å². The molecule has 4 nitrogen and oxygen atoms in total. The molecular weight excluding hydrogens is 347 g/mol. The minimum Gasteiger partial charge on any atom is -0.350 e. The number of carbonyl (C=O) groups is 2. The first-order valence-corrected chi connectivity index (χ1v) is 8.02. The second-order valence-corrected chi connectivity index (χ2v) is 6.37. The van der Waals surface area contributed by atoms with Crippen LogP contribution in [0.2, 0.25) is 5.02 Å². The highest BCUT2D eigenvalue weighted by molar-refractivity contribution is 6.53. The van der Waals surface area contributed by atoms with Gasteiger partial charge in [-0.2, -0.15) is 0 Å². The van der Waals surface area contributed by atoms with Crippen molar-refractivity contribution in [3.8, 4) is 0 Å². The number of anilines is 2. The first-order chi connectivity index (χ1) is 11.4. The Morgan fingerprint density at radius 2 is 1.71 bits per heavy atom. The maximum Gasteiger partial charge on any atom is 0.283 e. The lowest BCUT2D eigenvalue weighted by molar-refractivity contribution is -0.120. The van der Waals surface area contributed by atoms with E-state index in [1.165, 1.54) is 0 Å². The van der Waals surface area contributed by atoms with Crippen LogP contribution in [0.4, 0.5) is 11.4 Å². The lowest BCUT2D eigenvalue weighted by atomic mass is 10.2. The van der Waals surface area contributed by atoms with Gasteiger partial charge in [-0.3, -0.25) is 9.59 Å². The Balaban J connectivity index is 1.95. The van der Waals surface area contributed by atoms with E-state index in [0.29, 0.717) is 22.0 Å². The number of aryl methyl sites for hydroxylation is 2. The lowest BCUT2D eigenvalue weighted by Crippen LogP contribution is -2.32. The van der Waals surface area contributed by atoms with E-state index in [2.05, 4.69) is 5.32 Å². The number of nitrogens with one attached hydrogen (secondary N) is 1. The average Bonchev–Trinajstić information content (AvgIpc) is 2.72. The van der Waals surface area contributed by atoms with Gasteiger partial charge < -0.3 is 5.32 Å². The van der Waals surface area contributed by atoms with Gasteiger partial charge in [0.2, 0.25) is 0 Å². The van der Waals surface area contributed by atoms with Gasteiger partial charge in [-0.25, -0.2) is 4.90 Å². The highest BCUT2D eigenvalue weighted by Crippen LogP contribution is 2.33. The predicted octanol–water partition coefficient (Wildman–Crippen LogP) is 4.39. The smallest absolute Gasteiger partial charge is 0.283 e. The number of amides is 2. The fourth-order valence-electron chi connectivity index (χ4n) is 2.57. The van der Waals surface area contributed by atoms with E-state index in [1.54, 1.807) is 31.2 Å². The number of rotatable bonds is 3. The maximum absolute atomic E-state index is 12.7. The highest BCUT2D eigenvalue weighted by Gasteiger charge is 2.39. The number of benzene rings is 2. The van der Waals surface area contributed by atoms with Gasteiger partial charge in [0.15, 0.2) is 0 Å². The molecule has 122 valence electrons. The number of halogens is 2. The normalized spacial score (nSPS) is 14.6. The van der Waals surface area contributed by atoms with Gasteiger partial charge in [-0.15, -0.1) is 0 Å². The van der Waals surface area contributed by atoms with E-state index >= 15 is 0 Å². The maximum atomic E-state index is 12.7. The minimum atomic E-state index is -0.553. The quantitative estimate of drug-likeness (QED) is 0.825. The molecule has 0 fully saturated rings. The number of nitrogens with zero attached hydrogens (tertiary/aromatic N) is 1. The third kappa shape index (κ3) is 2.90. The Labute approximate surface area is 149 Å². The van der Waals surface area contributed by atoms with E-state index in [9.17, 15) is 9.59 Å². The van der Waals surface area contributed by atoms with Crippen molar-refractivity contribution in [1.29, 1.82) is 0 Å². The van der Waals surface area contributed by atoms with Crippen LogP contribution in [0, 0.1) is 13.8 Å². The topological polar surface area (TPSA) is 49.4 Å². The van der Waals surface area contributed by atoms with Crippen LogP contribution < -0.4 is 10.2 Å². The summed E-state index contributed by atoms with van der Waals surface area (Å²) in [7, 11) is 0. The number of hydrogen-bond donors (Lipinski definition) is 1. The van der Waals surface area contributed by atoms with Crippen LogP contribution in [0.1, 0.15) is 11.1 Å². The zero-order valence-electron chi connectivity index (χ0n) is 13.1. The molecule has 0 saturated carbocycles. The fourth-order valence-corrected chi connectivity index (χ4v) is 3.01. The molecule has 3 rings (SSSR count). The van der Waals surface area contributed by atoms with Gasteiger partial charge in [-0.1, -0.05) is 35.3 Å². The van der Waals surface area contributed by atoms with E-state index in [0.717, 1.165) is 10.5 Å². The van der Waals surface area contributed by atoms with E-state index < -0.39 is 11.8 Å². The van der Waals surface area contributed by atoms with Crippen LogP contribution in [-0.4, -0.2) is 11.8 Å². The van der Waals surface area contributed by atoms with Gasteiger partial charge in [0, 0.05) is 10.7 Å². The summed E-state index contributed by atoms with van der Waals surface area (Å²) in [6.45, 7) is 3.72. The summed E-state index contributed by atoms with van der Waals surface area (Å²) < 4.78 is 0. The van der Waals surface area contributed by atoms with Crippen molar-refractivity contribution >= 4 is 46.4 Å². The summed E-state index contributed by atoms with van der Waals surface area (Å²) in [4.78, 5) is 26.2. The highest BCUT2D eigenvalue weighted by atomic mass is 35.5. The fraction of sp³-hybridized carbons (Fsp3) is 0.111. The summed E-state index contributed by atoms with van der Waals surface area (Å²) in [5.41, 5.74) is 2.97. The van der Waals surface area contributed by atoms with Crippen molar-refractivity contribution in [2.75, 3.05) is 10.2 Å². The lowest BCUT2D eigenvalue weighted by Gasteiger charge is -2.17. The molecule has 0 aliphatic carbocycles. The van der Waals surface area contributed by atoms with Crippen LogP contribution >= 0.6 is 23.2 Å². The molecule has 24 heavy (non-hydrogen) atoms. The molecule has 0 atom stereocenters. The van der Waals surface area contributed by atoms with Crippen molar-refractivity contribution in [2.45, 2.75) is 13.8 Å². The van der Waals surface area contributed by atoms with Crippen molar-refractivity contribution in [3.63, 3.8) is 0 Å². The van der Waals surface area contributed by atoms with Crippen LogP contribution in [-0.2, 0) is 9.59 Å². The molecule has 0 spiro atoms. The molecule has 0 unspecified atom stereocenters. The molecule has 2 aromatic rings. The summed E-state index contributed by atoms with van der Waals surface area (Å²) >= 11 is 12.1. The molecule has 1 aliphatic heterocycles. The van der Waals surface area contributed by atoms with Gasteiger partial charge in [0.05, 0.1) is 5.69 Å². The Morgan fingerprint density at radius 1 is 0.958 bits per heavy atom. The Hall–Kier alpha value is -2.30. The third-order valence-electron chi connectivity index (χ3n) is 3.71. The minimum absolute atomic E-state index is 0.0709. The SMILES string of the molecule is Cc1cccc(NC2=C(Cl)C(=O)N(c3ccc(Cl)cc3C)C2=O)c1. The molecule has 0 bridgehead atoms. The summed E-state index contributed by atoms with van der Waals surface area (Å²) in [5.74, 6) is -1.04. The molecule has 1 N–H and O–H groups in total. The first kappa shape index (κ1) is 16.6. The third-order valence-corrected chi connectivity index (χ3v) is 4.30. The number of carbonyl (C=O) groups excluding carboxylic acids is 2. The average molecular weight is 361 g/mol. The van der Waals surface area contributed by atoms with Crippen molar-refractivity contribution < 1.29 is 9.59 Å². The van der Waals surface area contributed by atoms with Gasteiger partial charge in [-0.05, 0) is 55.3 Å². The Morgan fingerprint density at radius 3 is 2.38 bits per heavy atom. The molecule has 6 heteroatoms. The first-order valence-electron chi connectivity index (χ1n) is 7.27. The van der Waals surface area contributed by atoms with Crippen molar-refractivity contribution in [3.05, 3.63) is 69.3 Å². The molecular formula is C18H14Cl2N2O2. The zero-order chi connectivity index (χ0) is 17.4. The summed E-state index contributed by atoms with van der Waals surface area (Å²) in [6.07, 6.45) is 0. The molecule has 1 aliphatic rings. The monoisotopic (exact) mass is 360 g/mol. The van der Waals surface area contributed by atoms with Gasteiger partial charge in [0.1, 0.15) is 10.7 Å². The molecule has 0 saturated heterocycles. The molecule has 2 aromatic carbocycles. The Kier molecular flexibility index (Phi) is 4.35. The summed E-state index contributed by atoms with van der Waals surface area (Å²) in [5, 5.41) is 3.36. The van der Waals surface area contributed by atoms with Gasteiger partial charge in [0.25, 0.3) is 11.8 Å². The van der Waals surface area contributed by atoms with E-state index in [1.807, 2.05) is 25.1 Å². The predicted molar refractivity (Wildman–Crippen MR) is 96.4 cm³/mol. The summed E-state index contributed by atoms with van der Waals surface area (Å²) in [6, 6.07) is 12.4. The van der Waals surface area contributed by atoms with Crippen LogP contribution in [0.5, 0.6) is 0 Å². The molecule has 0 radical (unpaired) electrons. The molecule has 1 heterocycles. The molecule has 0 aromatic heterocycles. The Bertz CT molecular complexity index is 890. The largest absolute Gasteiger partial charge is 0.350 e. The van der Waals surface area contributed by atoms with Crippen LogP contribution in [0.15, 0.2) is 53.2 Å². The van der Waals surface area contributed by atoms with E-state index in [-0.39, 0.29) is 10.7 Å². The second kappa shape index (κ2) is 6.30. The zero-order valence-corrected chi connectivity index (χ0v) is 14.6. The number of imide groups is 1. The van der Waals surface area contributed by atoms with Crippen molar-refractivity contribution in [1.82, 2.24) is 0 Å². The van der Waals surface area contributed by atoms with Gasteiger partial charge >= 0.3 is 0 Å².